The highest BCUT2D eigenvalue weighted by Gasteiger charge is 2.40. The van der Waals surface area contributed by atoms with E-state index in [1.54, 1.807) is 18.2 Å². The summed E-state index contributed by atoms with van der Waals surface area (Å²) in [6.07, 6.45) is 0.218. The maximum Gasteiger partial charge on any atom is 0.270 e. The van der Waals surface area contributed by atoms with Gasteiger partial charge in [0.25, 0.3) is 11.8 Å². The maximum absolute atomic E-state index is 13.3. The minimum Gasteiger partial charge on any atom is -0.381 e. The van der Waals surface area contributed by atoms with Gasteiger partial charge in [-0.05, 0) is 44.9 Å². The summed E-state index contributed by atoms with van der Waals surface area (Å²) in [7, 11) is 0. The smallest absolute Gasteiger partial charge is 0.270 e. The van der Waals surface area contributed by atoms with E-state index in [2.05, 4.69) is 15.6 Å². The van der Waals surface area contributed by atoms with Crippen LogP contribution in [0.3, 0.4) is 0 Å². The van der Waals surface area contributed by atoms with Crippen LogP contribution in [0.5, 0.6) is 0 Å². The SMILES string of the molecule is CC(C)(C)NC(=O)C1CSCN1C(=O)[C@@H](O)[C@H](Cc1ccccc1)NC(=O)c1ccccn1. The topological polar surface area (TPSA) is 112 Å². The van der Waals surface area contributed by atoms with Gasteiger partial charge in [-0.3, -0.25) is 19.4 Å². The van der Waals surface area contributed by atoms with Crippen LogP contribution in [0, 0.1) is 0 Å². The van der Waals surface area contributed by atoms with Gasteiger partial charge in [-0.15, -0.1) is 11.8 Å². The Bertz CT molecular complexity index is 965. The summed E-state index contributed by atoms with van der Waals surface area (Å²) in [5.74, 6) is -0.586. The fourth-order valence-corrected chi connectivity index (χ4v) is 4.68. The molecule has 1 fully saturated rings. The number of nitrogens with one attached hydrogen (secondary N) is 2. The van der Waals surface area contributed by atoms with E-state index in [1.807, 2.05) is 51.1 Å². The minimum atomic E-state index is -1.53. The number of pyridine rings is 1. The predicted octanol–water partition coefficient (Wildman–Crippen LogP) is 1.60. The van der Waals surface area contributed by atoms with E-state index in [4.69, 9.17) is 0 Å². The van der Waals surface area contributed by atoms with E-state index in [0.717, 1.165) is 5.56 Å². The first kappa shape index (κ1) is 24.7. The van der Waals surface area contributed by atoms with Gasteiger partial charge >= 0.3 is 0 Å². The number of carbonyl (C=O) groups is 3. The second-order valence-electron chi connectivity index (χ2n) is 8.99. The molecule has 0 bridgehead atoms. The summed E-state index contributed by atoms with van der Waals surface area (Å²) < 4.78 is 0. The van der Waals surface area contributed by atoms with Crippen molar-refractivity contribution in [3.8, 4) is 0 Å². The lowest BCUT2D eigenvalue weighted by molar-refractivity contribution is -0.146. The highest BCUT2D eigenvalue weighted by atomic mass is 32.2. The van der Waals surface area contributed by atoms with Gasteiger partial charge in [-0.25, -0.2) is 0 Å². The fourth-order valence-electron chi connectivity index (χ4n) is 3.52. The highest BCUT2D eigenvalue weighted by molar-refractivity contribution is 7.99. The molecule has 8 nitrogen and oxygen atoms in total. The van der Waals surface area contributed by atoms with Gasteiger partial charge in [0.05, 0.1) is 11.9 Å². The quantitative estimate of drug-likeness (QED) is 0.567. The van der Waals surface area contributed by atoms with Crippen molar-refractivity contribution >= 4 is 29.5 Å². The molecule has 176 valence electrons. The summed E-state index contributed by atoms with van der Waals surface area (Å²) in [4.78, 5) is 44.2. The fraction of sp³-hybridized carbons (Fsp3) is 0.417. The van der Waals surface area contributed by atoms with E-state index in [0.29, 0.717) is 11.6 Å². The summed E-state index contributed by atoms with van der Waals surface area (Å²) in [6.45, 7) is 5.62. The summed E-state index contributed by atoms with van der Waals surface area (Å²) >= 11 is 1.45. The van der Waals surface area contributed by atoms with Crippen LogP contribution in [0.1, 0.15) is 36.8 Å². The van der Waals surface area contributed by atoms with Gasteiger partial charge in [0.1, 0.15) is 11.7 Å². The molecule has 2 heterocycles. The minimum absolute atomic E-state index is 0.189. The van der Waals surface area contributed by atoms with Gasteiger partial charge in [0.2, 0.25) is 5.91 Å². The number of carbonyl (C=O) groups excluding carboxylic acids is 3. The molecule has 3 rings (SSSR count). The zero-order chi connectivity index (χ0) is 24.0. The second-order valence-corrected chi connectivity index (χ2v) is 9.99. The van der Waals surface area contributed by atoms with Crippen LogP contribution in [0.2, 0.25) is 0 Å². The van der Waals surface area contributed by atoms with Crippen molar-refractivity contribution in [3.05, 3.63) is 66.0 Å². The largest absolute Gasteiger partial charge is 0.381 e. The third kappa shape index (κ3) is 6.79. The summed E-state index contributed by atoms with van der Waals surface area (Å²) in [5.41, 5.74) is 0.604. The third-order valence-electron chi connectivity index (χ3n) is 5.11. The molecule has 1 aromatic carbocycles. The van der Waals surface area contributed by atoms with Crippen molar-refractivity contribution < 1.29 is 19.5 Å². The molecule has 3 atom stereocenters. The third-order valence-corrected chi connectivity index (χ3v) is 6.13. The average Bonchev–Trinajstić information content (AvgIpc) is 3.28. The number of hydrogen-bond donors (Lipinski definition) is 3. The number of rotatable bonds is 7. The predicted molar refractivity (Wildman–Crippen MR) is 127 cm³/mol. The number of aliphatic hydroxyl groups excluding tert-OH is 1. The first-order chi connectivity index (χ1) is 15.7. The Kier molecular flexibility index (Phi) is 8.10. The van der Waals surface area contributed by atoms with Crippen LogP contribution in [0.25, 0.3) is 0 Å². The zero-order valence-electron chi connectivity index (χ0n) is 19.0. The summed E-state index contributed by atoms with van der Waals surface area (Å²) in [6, 6.07) is 12.7. The Morgan fingerprint density at radius 2 is 1.85 bits per heavy atom. The second kappa shape index (κ2) is 10.8. The Hall–Kier alpha value is -2.91. The molecule has 0 saturated carbocycles. The van der Waals surface area contributed by atoms with Crippen molar-refractivity contribution in [1.82, 2.24) is 20.5 Å². The molecular formula is C24H30N4O4S. The Labute approximate surface area is 198 Å². The maximum atomic E-state index is 13.3. The number of aromatic nitrogens is 1. The molecule has 33 heavy (non-hydrogen) atoms. The number of benzene rings is 1. The van der Waals surface area contributed by atoms with Crippen LogP contribution < -0.4 is 10.6 Å². The van der Waals surface area contributed by atoms with Crippen LogP contribution in [-0.4, -0.2) is 68.1 Å². The molecule has 1 saturated heterocycles. The van der Waals surface area contributed by atoms with Gasteiger partial charge in [0.15, 0.2) is 6.10 Å². The van der Waals surface area contributed by atoms with Gasteiger partial charge in [-0.1, -0.05) is 36.4 Å². The van der Waals surface area contributed by atoms with Crippen LogP contribution in [0.15, 0.2) is 54.7 Å². The molecule has 1 unspecified atom stereocenters. The molecule has 1 aliphatic rings. The van der Waals surface area contributed by atoms with E-state index in [9.17, 15) is 19.5 Å². The lowest BCUT2D eigenvalue weighted by atomic mass is 9.99. The van der Waals surface area contributed by atoms with Crippen molar-refractivity contribution in [2.45, 2.75) is 50.9 Å². The Morgan fingerprint density at radius 1 is 1.15 bits per heavy atom. The van der Waals surface area contributed by atoms with Crippen LogP contribution in [-0.2, 0) is 16.0 Å². The zero-order valence-corrected chi connectivity index (χ0v) is 19.8. The molecular weight excluding hydrogens is 440 g/mol. The van der Waals surface area contributed by atoms with Gasteiger partial charge < -0.3 is 20.6 Å². The monoisotopic (exact) mass is 470 g/mol. The molecule has 3 amide bonds. The average molecular weight is 471 g/mol. The van der Waals surface area contributed by atoms with E-state index in [-0.39, 0.29) is 18.0 Å². The summed E-state index contributed by atoms with van der Waals surface area (Å²) in [5, 5.41) is 16.7. The van der Waals surface area contributed by atoms with E-state index >= 15 is 0 Å². The molecule has 0 aliphatic carbocycles. The Balaban J connectivity index is 1.79. The van der Waals surface area contributed by atoms with Gasteiger partial charge in [0, 0.05) is 17.5 Å². The van der Waals surface area contributed by atoms with Crippen molar-refractivity contribution in [3.63, 3.8) is 0 Å². The molecule has 2 aromatic rings. The molecule has 0 spiro atoms. The lowest BCUT2D eigenvalue weighted by Crippen LogP contribution is -2.57. The van der Waals surface area contributed by atoms with Crippen molar-refractivity contribution in [1.29, 1.82) is 0 Å². The number of aliphatic hydroxyl groups is 1. The van der Waals surface area contributed by atoms with Gasteiger partial charge in [-0.2, -0.15) is 0 Å². The molecule has 1 aromatic heterocycles. The molecule has 3 N–H and O–H groups in total. The number of nitrogens with zero attached hydrogens (tertiary/aromatic N) is 2. The van der Waals surface area contributed by atoms with E-state index in [1.165, 1.54) is 22.9 Å². The van der Waals surface area contributed by atoms with Crippen molar-refractivity contribution in [2.24, 2.45) is 0 Å². The van der Waals surface area contributed by atoms with Crippen LogP contribution in [0.4, 0.5) is 0 Å². The molecule has 0 radical (unpaired) electrons. The Morgan fingerprint density at radius 3 is 2.48 bits per heavy atom. The normalized spacial score (nSPS) is 17.8. The number of amides is 3. The highest BCUT2D eigenvalue weighted by Crippen LogP contribution is 2.23. The standard InChI is InChI=1S/C24H30N4O4S/c1-24(2,3)27-22(31)19-14-33-15-28(19)23(32)20(29)18(13-16-9-5-4-6-10-16)26-21(30)17-11-7-8-12-25-17/h4-12,18-20,29H,13-15H2,1-3H3,(H,26,30)(H,27,31)/t18-,19?,20-/m0/s1. The first-order valence-electron chi connectivity index (χ1n) is 10.8. The first-order valence-corrected chi connectivity index (χ1v) is 12.0. The van der Waals surface area contributed by atoms with Crippen molar-refractivity contribution in [2.75, 3.05) is 11.6 Å². The number of hydrogen-bond acceptors (Lipinski definition) is 6. The molecule has 1 aliphatic heterocycles. The lowest BCUT2D eigenvalue weighted by Gasteiger charge is -2.31. The molecule has 9 heteroatoms. The van der Waals surface area contributed by atoms with E-state index < -0.39 is 35.5 Å². The van der Waals surface area contributed by atoms with Crippen LogP contribution >= 0.6 is 11.8 Å². The number of thioether (sulfide) groups is 1.